The van der Waals surface area contributed by atoms with Gasteiger partial charge in [-0.1, -0.05) is 42.5 Å². The van der Waals surface area contributed by atoms with Crippen molar-refractivity contribution < 1.29 is 23.1 Å². The number of nitrogens with one attached hydrogen (secondary N) is 2. The van der Waals surface area contributed by atoms with Crippen molar-refractivity contribution in [1.82, 2.24) is 9.97 Å². The van der Waals surface area contributed by atoms with Gasteiger partial charge in [0.1, 0.15) is 34.5 Å². The number of rotatable bonds is 8. The predicted octanol–water partition coefficient (Wildman–Crippen LogP) is 7.43. The van der Waals surface area contributed by atoms with E-state index in [-0.39, 0.29) is 5.88 Å². The van der Waals surface area contributed by atoms with Crippen LogP contribution in [0.4, 0.5) is 21.5 Å². The van der Waals surface area contributed by atoms with Gasteiger partial charge < -0.3 is 25.5 Å². The lowest BCUT2D eigenvalue weighted by atomic mass is 9.99. The highest BCUT2D eigenvalue weighted by molar-refractivity contribution is 6.17. The Kier molecular flexibility index (Phi) is 6.94. The summed E-state index contributed by atoms with van der Waals surface area (Å²) in [4.78, 5) is 34.8. The zero-order valence-electron chi connectivity index (χ0n) is 23.8. The maximum absolute atomic E-state index is 13.2. The highest BCUT2D eigenvalue weighted by atomic mass is 19.1. The molecular formula is C35H26FN5O4. The van der Waals surface area contributed by atoms with Gasteiger partial charge in [0.2, 0.25) is 23.4 Å². The number of furan rings is 1. The van der Waals surface area contributed by atoms with Crippen LogP contribution in [0, 0.1) is 11.2 Å². The summed E-state index contributed by atoms with van der Waals surface area (Å²) in [6.07, 6.45) is 2.21. The van der Waals surface area contributed by atoms with E-state index in [4.69, 9.17) is 14.9 Å². The molecule has 45 heavy (non-hydrogen) atoms. The minimum Gasteiger partial charge on any atom is -0.438 e. The molecule has 0 aliphatic heterocycles. The number of ether oxygens (including phenoxy) is 1. The first-order valence-corrected chi connectivity index (χ1v) is 14.2. The molecule has 1 saturated carbocycles. The second-order valence-electron chi connectivity index (χ2n) is 10.8. The van der Waals surface area contributed by atoms with Crippen LogP contribution in [-0.2, 0) is 9.59 Å². The van der Waals surface area contributed by atoms with E-state index in [0.717, 1.165) is 16.7 Å². The minimum atomic E-state index is -1.18. The first kappa shape index (κ1) is 27.8. The first-order valence-electron chi connectivity index (χ1n) is 14.2. The Morgan fingerprint density at radius 2 is 1.44 bits per heavy atom. The van der Waals surface area contributed by atoms with E-state index in [1.54, 1.807) is 24.3 Å². The molecule has 4 aromatic carbocycles. The molecule has 7 rings (SSSR count). The van der Waals surface area contributed by atoms with E-state index in [1.807, 2.05) is 54.6 Å². The number of benzene rings is 4. The Bertz CT molecular complexity index is 2040. The molecule has 9 nitrogen and oxygen atoms in total. The van der Waals surface area contributed by atoms with Gasteiger partial charge in [0.05, 0.1) is 0 Å². The van der Waals surface area contributed by atoms with Crippen LogP contribution in [-0.4, -0.2) is 21.8 Å². The molecule has 2 amide bonds. The molecule has 1 fully saturated rings. The second kappa shape index (κ2) is 11.2. The molecule has 1 aliphatic rings. The van der Waals surface area contributed by atoms with E-state index in [9.17, 15) is 14.0 Å². The second-order valence-corrected chi connectivity index (χ2v) is 10.8. The van der Waals surface area contributed by atoms with Crippen LogP contribution in [0.15, 0.2) is 114 Å². The molecule has 0 spiro atoms. The van der Waals surface area contributed by atoms with Crippen molar-refractivity contribution in [3.63, 3.8) is 0 Å². The summed E-state index contributed by atoms with van der Waals surface area (Å²) < 4.78 is 25.7. The molecule has 0 saturated heterocycles. The van der Waals surface area contributed by atoms with Crippen molar-refractivity contribution in [1.29, 1.82) is 0 Å². The monoisotopic (exact) mass is 599 g/mol. The Hall–Kier alpha value is -6.03. The maximum Gasteiger partial charge on any atom is 0.240 e. The van der Waals surface area contributed by atoms with E-state index in [0.29, 0.717) is 52.5 Å². The van der Waals surface area contributed by atoms with Crippen LogP contribution in [0.5, 0.6) is 11.6 Å². The van der Waals surface area contributed by atoms with E-state index in [1.165, 1.54) is 30.6 Å². The molecule has 6 aromatic rings. The van der Waals surface area contributed by atoms with Crippen molar-refractivity contribution >= 4 is 40.0 Å². The van der Waals surface area contributed by atoms with Crippen LogP contribution in [0.2, 0.25) is 0 Å². The van der Waals surface area contributed by atoms with Crippen molar-refractivity contribution in [3.05, 3.63) is 115 Å². The summed E-state index contributed by atoms with van der Waals surface area (Å²) >= 11 is 0. The van der Waals surface area contributed by atoms with Crippen molar-refractivity contribution in [3.8, 4) is 34.1 Å². The van der Waals surface area contributed by atoms with Gasteiger partial charge in [-0.15, -0.1) is 0 Å². The Balaban J connectivity index is 1.14. The van der Waals surface area contributed by atoms with Gasteiger partial charge in [-0.25, -0.2) is 14.4 Å². The largest absolute Gasteiger partial charge is 0.438 e. The summed E-state index contributed by atoms with van der Waals surface area (Å²) in [5, 5.41) is 6.12. The van der Waals surface area contributed by atoms with Crippen LogP contribution in [0.1, 0.15) is 12.8 Å². The number of nitrogens with zero attached hydrogens (tertiary/aromatic N) is 2. The standard InChI is InChI=1S/C35H26FN5O4/c36-23-9-11-25(12-10-23)40-33(42)35(17-18-35)34(43)41-26-13-15-27(16-14-26)44-31-29-28(22-7-4-8-24(37)19-22)30(21-5-2-1-3-6-21)45-32(29)39-20-38-31/h1-16,19-20H,17-18,37H2,(H,40,42)(H,41,43). The number of amides is 2. The van der Waals surface area contributed by atoms with Gasteiger partial charge in [0.15, 0.2) is 0 Å². The van der Waals surface area contributed by atoms with Gasteiger partial charge >= 0.3 is 0 Å². The number of hydrogen-bond donors (Lipinski definition) is 3. The first-order chi connectivity index (χ1) is 21.9. The molecule has 0 atom stereocenters. The number of anilines is 3. The molecule has 4 N–H and O–H groups in total. The molecule has 0 unspecified atom stereocenters. The number of hydrogen-bond acceptors (Lipinski definition) is 7. The van der Waals surface area contributed by atoms with Crippen LogP contribution >= 0.6 is 0 Å². The zero-order chi connectivity index (χ0) is 31.0. The fourth-order valence-electron chi connectivity index (χ4n) is 5.18. The Labute approximate surface area is 256 Å². The molecular weight excluding hydrogens is 573 g/mol. The molecule has 2 aromatic heterocycles. The third-order valence-electron chi connectivity index (χ3n) is 7.71. The van der Waals surface area contributed by atoms with E-state index < -0.39 is 23.0 Å². The zero-order valence-corrected chi connectivity index (χ0v) is 23.8. The summed E-state index contributed by atoms with van der Waals surface area (Å²) in [6, 6.07) is 29.3. The number of halogens is 1. The fraction of sp³-hybridized carbons (Fsp3) is 0.0857. The van der Waals surface area contributed by atoms with E-state index >= 15 is 0 Å². The average Bonchev–Trinajstić information content (AvgIpc) is 3.78. The molecule has 222 valence electrons. The predicted molar refractivity (Wildman–Crippen MR) is 169 cm³/mol. The summed E-state index contributed by atoms with van der Waals surface area (Å²) in [5.74, 6) is 0.111. The topological polar surface area (TPSA) is 132 Å². The SMILES string of the molecule is Nc1cccc(-c2c(-c3ccccc3)oc3ncnc(Oc4ccc(NC(=O)C5(C(=O)Nc6ccc(F)cc6)CC5)cc4)c23)c1. The molecule has 2 heterocycles. The average molecular weight is 600 g/mol. The van der Waals surface area contributed by atoms with Gasteiger partial charge in [0, 0.05) is 28.2 Å². The highest BCUT2D eigenvalue weighted by Crippen LogP contribution is 2.48. The van der Waals surface area contributed by atoms with Crippen LogP contribution in [0.25, 0.3) is 33.6 Å². The normalized spacial score (nSPS) is 13.3. The van der Waals surface area contributed by atoms with Gasteiger partial charge in [-0.2, -0.15) is 0 Å². The van der Waals surface area contributed by atoms with E-state index in [2.05, 4.69) is 20.6 Å². The lowest BCUT2D eigenvalue weighted by Crippen LogP contribution is -2.35. The van der Waals surface area contributed by atoms with Crippen molar-refractivity contribution in [2.24, 2.45) is 5.41 Å². The number of carbonyl (C=O) groups is 2. The van der Waals surface area contributed by atoms with Crippen molar-refractivity contribution in [2.75, 3.05) is 16.4 Å². The molecule has 0 radical (unpaired) electrons. The van der Waals surface area contributed by atoms with Crippen LogP contribution < -0.4 is 21.1 Å². The highest BCUT2D eigenvalue weighted by Gasteiger charge is 2.56. The lowest BCUT2D eigenvalue weighted by Gasteiger charge is -2.16. The summed E-state index contributed by atoms with van der Waals surface area (Å²) in [6.45, 7) is 0. The summed E-state index contributed by atoms with van der Waals surface area (Å²) in [7, 11) is 0. The number of fused-ring (bicyclic) bond motifs is 1. The maximum atomic E-state index is 13.2. The quantitative estimate of drug-likeness (QED) is 0.122. The molecule has 0 bridgehead atoms. The number of nitrogen functional groups attached to an aromatic ring is 1. The third kappa shape index (κ3) is 5.45. The number of nitrogens with two attached hydrogens (primary N) is 1. The van der Waals surface area contributed by atoms with Gasteiger partial charge in [0.25, 0.3) is 0 Å². The van der Waals surface area contributed by atoms with Gasteiger partial charge in [-0.3, -0.25) is 9.59 Å². The molecule has 1 aliphatic carbocycles. The minimum absolute atomic E-state index is 0.287. The fourth-order valence-corrected chi connectivity index (χ4v) is 5.18. The third-order valence-corrected chi connectivity index (χ3v) is 7.71. The van der Waals surface area contributed by atoms with Crippen LogP contribution in [0.3, 0.4) is 0 Å². The smallest absolute Gasteiger partial charge is 0.240 e. The van der Waals surface area contributed by atoms with Gasteiger partial charge in [-0.05, 0) is 79.1 Å². The Morgan fingerprint density at radius 1 is 0.800 bits per heavy atom. The summed E-state index contributed by atoms with van der Waals surface area (Å²) in [5.41, 5.74) is 9.26. The lowest BCUT2D eigenvalue weighted by molar-refractivity contribution is -0.131. The molecule has 10 heteroatoms. The number of aromatic nitrogens is 2. The van der Waals surface area contributed by atoms with Crippen molar-refractivity contribution in [2.45, 2.75) is 12.8 Å². The Morgan fingerprint density at radius 3 is 2.09 bits per heavy atom. The number of carbonyl (C=O) groups excluding carboxylic acids is 2.